The second kappa shape index (κ2) is 226. The average molecular weight is 203 g/mol. The molecule has 0 saturated carbocycles. The third-order valence-corrected chi connectivity index (χ3v) is 0. The van der Waals surface area contributed by atoms with Crippen LogP contribution in [0.1, 0.15) is 0 Å². The maximum absolute atomic E-state index is 0. The quantitative estimate of drug-likeness (QED) is 0.271. The topological polar surface area (TPSA) is 0 Å². The summed E-state index contributed by atoms with van der Waals surface area (Å²) in [6, 6.07) is 0. The fourth-order valence-electron chi connectivity index (χ4n) is 0. The first-order valence-corrected chi connectivity index (χ1v) is 0. The Balaban J connectivity index is 0. The number of rotatable bonds is 0. The fourth-order valence-corrected chi connectivity index (χ4v) is 0. The first-order valence-electron chi connectivity index (χ1n) is 0. The number of hydrogen-bond acceptors (Lipinski definition) is 0. The minimum Gasteiger partial charge on any atom is -1.00 e. The second-order valence-corrected chi connectivity index (χ2v) is 0. The molecule has 0 amide bonds. The van der Waals surface area contributed by atoms with E-state index in [1.807, 2.05) is 0 Å². The molecule has 0 atom stereocenters. The van der Waals surface area contributed by atoms with Gasteiger partial charge >= 0.3 is 34.1 Å². The van der Waals surface area contributed by atoms with Crippen LogP contribution in [0.2, 0.25) is 0 Å². The van der Waals surface area contributed by atoms with Gasteiger partial charge in [0.15, 0.2) is 0 Å². The first-order chi connectivity index (χ1) is 0. The third-order valence-electron chi connectivity index (χ3n) is 0. The standard InChI is InChI=1S/2Cu.4FH/h;;4*1H/q2*+2;;;;/p-4. The molecule has 0 N–H and O–H groups in total. The van der Waals surface area contributed by atoms with Crippen molar-refractivity contribution in [2.45, 2.75) is 0 Å². The molecule has 0 aromatic rings. The summed E-state index contributed by atoms with van der Waals surface area (Å²) in [6.07, 6.45) is 0. The van der Waals surface area contributed by atoms with E-state index < -0.39 is 0 Å². The molecular formula is Cu2F4. The van der Waals surface area contributed by atoms with E-state index in [2.05, 4.69) is 0 Å². The Hall–Kier alpha value is 0.759. The summed E-state index contributed by atoms with van der Waals surface area (Å²) in [6.45, 7) is 0. The molecule has 0 nitrogen and oxygen atoms in total. The molecule has 0 rings (SSSR count). The van der Waals surface area contributed by atoms with Crippen LogP contribution in [0.3, 0.4) is 0 Å². The van der Waals surface area contributed by atoms with Crippen LogP contribution in [-0.2, 0) is 34.1 Å². The van der Waals surface area contributed by atoms with Gasteiger partial charge in [-0.25, -0.2) is 0 Å². The summed E-state index contributed by atoms with van der Waals surface area (Å²) in [5.41, 5.74) is 0. The van der Waals surface area contributed by atoms with Crippen molar-refractivity contribution in [3.05, 3.63) is 0 Å². The van der Waals surface area contributed by atoms with Gasteiger partial charge in [0.2, 0.25) is 0 Å². The van der Waals surface area contributed by atoms with Gasteiger partial charge < -0.3 is 18.8 Å². The molecule has 0 aliphatic carbocycles. The summed E-state index contributed by atoms with van der Waals surface area (Å²) in [7, 11) is 0. The third kappa shape index (κ3) is 117. The molecule has 50 valence electrons. The average Bonchev–Trinajstić information content (AvgIpc) is 0. The number of halogens is 4. The Morgan fingerprint density at radius 3 is 0.333 bits per heavy atom. The van der Waals surface area contributed by atoms with Gasteiger partial charge in [0.1, 0.15) is 0 Å². The van der Waals surface area contributed by atoms with Gasteiger partial charge in [0.05, 0.1) is 0 Å². The van der Waals surface area contributed by atoms with E-state index in [0.717, 1.165) is 0 Å². The Morgan fingerprint density at radius 2 is 0.333 bits per heavy atom. The fraction of sp³-hybridized carbons (Fsp3) is 0. The van der Waals surface area contributed by atoms with E-state index in [9.17, 15) is 0 Å². The van der Waals surface area contributed by atoms with Crippen LogP contribution < -0.4 is 18.8 Å². The van der Waals surface area contributed by atoms with Crippen LogP contribution in [0, 0.1) is 0 Å². The van der Waals surface area contributed by atoms with Crippen molar-refractivity contribution in [1.29, 1.82) is 0 Å². The minimum absolute atomic E-state index is 0. The van der Waals surface area contributed by atoms with Crippen molar-refractivity contribution in [2.24, 2.45) is 0 Å². The molecule has 0 bridgehead atoms. The molecule has 0 aromatic carbocycles. The van der Waals surface area contributed by atoms with E-state index in [0.29, 0.717) is 0 Å². The monoisotopic (exact) mass is 202 g/mol. The van der Waals surface area contributed by atoms with Gasteiger partial charge in [-0.3, -0.25) is 0 Å². The maximum atomic E-state index is 0. The van der Waals surface area contributed by atoms with Gasteiger partial charge in [-0.2, -0.15) is 0 Å². The summed E-state index contributed by atoms with van der Waals surface area (Å²) < 4.78 is 0. The minimum atomic E-state index is 0. The molecule has 0 fully saturated rings. The van der Waals surface area contributed by atoms with Crippen molar-refractivity contribution in [1.82, 2.24) is 0 Å². The zero-order valence-electron chi connectivity index (χ0n) is 2.11. The molecule has 2 radical (unpaired) electrons. The van der Waals surface area contributed by atoms with Gasteiger partial charge in [0, 0.05) is 0 Å². The molecule has 6 heteroatoms. The summed E-state index contributed by atoms with van der Waals surface area (Å²) in [5, 5.41) is 0. The Labute approximate surface area is 53.5 Å². The van der Waals surface area contributed by atoms with E-state index in [1.165, 1.54) is 0 Å². The van der Waals surface area contributed by atoms with E-state index in [1.54, 1.807) is 0 Å². The smallest absolute Gasteiger partial charge is 1.00 e. The molecular weight excluding hydrogens is 203 g/mol. The van der Waals surface area contributed by atoms with E-state index in [-0.39, 0.29) is 53.0 Å². The van der Waals surface area contributed by atoms with Crippen LogP contribution in [0.15, 0.2) is 0 Å². The molecule has 0 heterocycles. The molecule has 6 heavy (non-hydrogen) atoms. The van der Waals surface area contributed by atoms with Crippen molar-refractivity contribution < 1.29 is 53.0 Å². The Kier molecular flexibility index (Phi) is 14700. The molecule has 0 unspecified atom stereocenters. The molecule has 0 spiro atoms. The van der Waals surface area contributed by atoms with Crippen LogP contribution in [0.25, 0.3) is 0 Å². The Morgan fingerprint density at radius 1 is 0.333 bits per heavy atom. The largest absolute Gasteiger partial charge is 2.00 e. The van der Waals surface area contributed by atoms with Crippen LogP contribution in [0.4, 0.5) is 0 Å². The van der Waals surface area contributed by atoms with Crippen LogP contribution in [-0.4, -0.2) is 0 Å². The maximum Gasteiger partial charge on any atom is 2.00 e. The second-order valence-electron chi connectivity index (χ2n) is 0. The van der Waals surface area contributed by atoms with Crippen LogP contribution in [0.5, 0.6) is 0 Å². The van der Waals surface area contributed by atoms with Gasteiger partial charge in [-0.1, -0.05) is 0 Å². The Bertz CT molecular complexity index is 5.51. The predicted molar refractivity (Wildman–Crippen MR) is 0 cm³/mol. The van der Waals surface area contributed by atoms with Crippen molar-refractivity contribution in [3.63, 3.8) is 0 Å². The SMILES string of the molecule is [Cu+2].[Cu+2].[F-].[F-].[F-].[F-]. The number of hydrogen-bond donors (Lipinski definition) is 0. The predicted octanol–water partition coefficient (Wildman–Crippen LogP) is -12.0. The molecule has 0 saturated heterocycles. The van der Waals surface area contributed by atoms with Crippen molar-refractivity contribution in [3.8, 4) is 0 Å². The zero-order chi connectivity index (χ0) is 0. The normalized spacial score (nSPS) is 0. The zero-order valence-corrected chi connectivity index (χ0v) is 4.00. The van der Waals surface area contributed by atoms with Gasteiger partial charge in [-0.15, -0.1) is 0 Å². The van der Waals surface area contributed by atoms with Gasteiger partial charge in [-0.05, 0) is 0 Å². The van der Waals surface area contributed by atoms with E-state index >= 15 is 0 Å². The first kappa shape index (κ1) is 389. The molecule has 0 aliphatic heterocycles. The summed E-state index contributed by atoms with van der Waals surface area (Å²) >= 11 is 0. The van der Waals surface area contributed by atoms with Crippen LogP contribution >= 0.6 is 0 Å². The summed E-state index contributed by atoms with van der Waals surface area (Å²) in [4.78, 5) is 0. The molecule has 0 aliphatic rings. The summed E-state index contributed by atoms with van der Waals surface area (Å²) in [5.74, 6) is 0. The molecule has 0 aromatic heterocycles. The van der Waals surface area contributed by atoms with Crippen molar-refractivity contribution >= 4 is 0 Å². The van der Waals surface area contributed by atoms with Crippen molar-refractivity contribution in [2.75, 3.05) is 0 Å². The van der Waals surface area contributed by atoms with Gasteiger partial charge in [0.25, 0.3) is 0 Å². The van der Waals surface area contributed by atoms with E-state index in [4.69, 9.17) is 0 Å².